The maximum atomic E-state index is 11.7. The Balaban J connectivity index is 1.70. The molecule has 1 amide bonds. The number of rotatable bonds is 7. The van der Waals surface area contributed by atoms with Crippen LogP contribution in [0.1, 0.15) is 21.6 Å². The van der Waals surface area contributed by atoms with Crippen molar-refractivity contribution < 1.29 is 13.2 Å². The van der Waals surface area contributed by atoms with Gasteiger partial charge in [0.05, 0.1) is 18.1 Å². The zero-order chi connectivity index (χ0) is 21.0. The van der Waals surface area contributed by atoms with Gasteiger partial charge in [0.15, 0.2) is 0 Å². The number of hydrogen-bond donors (Lipinski definition) is 2. The summed E-state index contributed by atoms with van der Waals surface area (Å²) in [5.41, 5.74) is 9.60. The molecule has 0 bridgehead atoms. The van der Waals surface area contributed by atoms with Gasteiger partial charge in [-0.25, -0.2) is 8.42 Å². The highest BCUT2D eigenvalue weighted by Gasteiger charge is 2.23. The number of hydrogen-bond acceptors (Lipinski definition) is 6. The molecule has 1 aromatic heterocycles. The molecule has 0 aliphatic carbocycles. The van der Waals surface area contributed by atoms with E-state index in [1.807, 2.05) is 31.2 Å². The van der Waals surface area contributed by atoms with Gasteiger partial charge in [-0.2, -0.15) is 4.31 Å². The number of carbonyl (C=O) groups is 1. The monoisotopic (exact) mass is 417 g/mol. The molecular formula is C20H27N5O3S. The molecule has 9 heteroatoms. The number of nitrogens with two attached hydrogens (primary N) is 1. The summed E-state index contributed by atoms with van der Waals surface area (Å²) in [6, 6.07) is 9.27. The highest BCUT2D eigenvalue weighted by Crippen LogP contribution is 2.23. The lowest BCUT2D eigenvalue weighted by molar-refractivity contribution is 0.1000. The van der Waals surface area contributed by atoms with Gasteiger partial charge in [0, 0.05) is 49.7 Å². The lowest BCUT2D eigenvalue weighted by Gasteiger charge is -2.33. The summed E-state index contributed by atoms with van der Waals surface area (Å²) >= 11 is 0. The molecule has 3 N–H and O–H groups in total. The minimum absolute atomic E-state index is 0.462. The number of anilines is 2. The summed E-state index contributed by atoms with van der Waals surface area (Å²) in [7, 11) is -3.14. The fourth-order valence-electron chi connectivity index (χ4n) is 3.34. The second-order valence-electron chi connectivity index (χ2n) is 7.30. The Labute approximate surface area is 171 Å². The zero-order valence-corrected chi connectivity index (χ0v) is 17.6. The van der Waals surface area contributed by atoms with Gasteiger partial charge in [-0.3, -0.25) is 9.78 Å². The Morgan fingerprint density at radius 2 is 1.90 bits per heavy atom. The molecule has 156 valence electrons. The minimum Gasteiger partial charge on any atom is -0.366 e. The number of piperazine rings is 1. The smallest absolute Gasteiger partial charge is 0.248 e. The molecule has 0 radical (unpaired) electrons. The standard InChI is InChI=1S/C20H27N5O3S/c1-15-3-5-18(14-22-15)23-19-6-4-17(20(21)26)13-16(19)7-8-24-9-11-25(12-10-24)29(2,27)28/h3-6,13-14,23H,7-12H2,1-2H3,(H2,21,26). The average Bonchev–Trinajstić information content (AvgIpc) is 2.68. The van der Waals surface area contributed by atoms with Crippen LogP contribution in [-0.2, 0) is 16.4 Å². The number of aryl methyl sites for hydroxylation is 1. The molecule has 2 aromatic rings. The van der Waals surface area contributed by atoms with Crippen molar-refractivity contribution in [1.29, 1.82) is 0 Å². The summed E-state index contributed by atoms with van der Waals surface area (Å²) in [5.74, 6) is -0.462. The van der Waals surface area contributed by atoms with Gasteiger partial charge in [0.1, 0.15) is 0 Å². The Hall–Kier alpha value is -2.49. The van der Waals surface area contributed by atoms with Crippen LogP contribution in [0.3, 0.4) is 0 Å². The Bertz CT molecular complexity index is 968. The third kappa shape index (κ3) is 5.75. The highest BCUT2D eigenvalue weighted by atomic mass is 32.2. The van der Waals surface area contributed by atoms with E-state index in [1.54, 1.807) is 12.3 Å². The fraction of sp³-hybridized carbons (Fsp3) is 0.400. The molecule has 3 rings (SSSR count). The van der Waals surface area contributed by atoms with Gasteiger partial charge >= 0.3 is 0 Å². The van der Waals surface area contributed by atoms with Crippen LogP contribution in [0.25, 0.3) is 0 Å². The first-order chi connectivity index (χ1) is 13.7. The van der Waals surface area contributed by atoms with Crippen molar-refractivity contribution in [3.8, 4) is 0 Å². The predicted octanol–water partition coefficient (Wildman–Crippen LogP) is 1.35. The SMILES string of the molecule is Cc1ccc(Nc2ccc(C(N)=O)cc2CCN2CCN(S(C)(=O)=O)CC2)cn1. The molecule has 8 nitrogen and oxygen atoms in total. The Kier molecular flexibility index (Phi) is 6.51. The van der Waals surface area contributed by atoms with Crippen LogP contribution in [0.4, 0.5) is 11.4 Å². The van der Waals surface area contributed by atoms with E-state index in [1.165, 1.54) is 10.6 Å². The van der Waals surface area contributed by atoms with E-state index >= 15 is 0 Å². The summed E-state index contributed by atoms with van der Waals surface area (Å²) < 4.78 is 24.8. The topological polar surface area (TPSA) is 109 Å². The van der Waals surface area contributed by atoms with E-state index in [-0.39, 0.29) is 0 Å². The zero-order valence-electron chi connectivity index (χ0n) is 16.8. The number of primary amides is 1. The molecule has 0 atom stereocenters. The molecule has 0 unspecified atom stereocenters. The Morgan fingerprint density at radius 1 is 1.17 bits per heavy atom. The maximum Gasteiger partial charge on any atom is 0.248 e. The maximum absolute atomic E-state index is 11.7. The van der Waals surface area contributed by atoms with Crippen molar-refractivity contribution in [2.45, 2.75) is 13.3 Å². The lowest BCUT2D eigenvalue weighted by Crippen LogP contribution is -2.48. The quantitative estimate of drug-likeness (QED) is 0.704. The molecule has 1 aromatic carbocycles. The summed E-state index contributed by atoms with van der Waals surface area (Å²) in [6.45, 7) is 5.07. The first-order valence-electron chi connectivity index (χ1n) is 9.52. The summed E-state index contributed by atoms with van der Waals surface area (Å²) in [5, 5.41) is 3.36. The van der Waals surface area contributed by atoms with Gasteiger partial charge in [0.2, 0.25) is 15.9 Å². The third-order valence-corrected chi connectivity index (χ3v) is 6.38. The lowest BCUT2D eigenvalue weighted by atomic mass is 10.0. The molecule has 2 heterocycles. The van der Waals surface area contributed by atoms with E-state index in [2.05, 4.69) is 15.2 Å². The van der Waals surface area contributed by atoms with Gasteiger partial charge in [-0.1, -0.05) is 0 Å². The molecule has 0 saturated carbocycles. The van der Waals surface area contributed by atoms with Gasteiger partial charge in [-0.15, -0.1) is 0 Å². The molecule has 1 saturated heterocycles. The van der Waals surface area contributed by atoms with Gasteiger partial charge in [-0.05, 0) is 49.2 Å². The average molecular weight is 418 g/mol. The normalized spacial score (nSPS) is 15.9. The first kappa shape index (κ1) is 21.2. The fourth-order valence-corrected chi connectivity index (χ4v) is 4.16. The number of amides is 1. The second kappa shape index (κ2) is 8.89. The molecule has 1 fully saturated rings. The van der Waals surface area contributed by atoms with Crippen molar-refractivity contribution >= 4 is 27.3 Å². The van der Waals surface area contributed by atoms with Crippen LogP contribution in [0.15, 0.2) is 36.5 Å². The molecule has 1 aliphatic heterocycles. The largest absolute Gasteiger partial charge is 0.366 e. The molecule has 29 heavy (non-hydrogen) atoms. The van der Waals surface area contributed by atoms with E-state index in [4.69, 9.17) is 5.73 Å². The summed E-state index contributed by atoms with van der Waals surface area (Å²) in [4.78, 5) is 18.1. The second-order valence-corrected chi connectivity index (χ2v) is 9.29. The van der Waals surface area contributed by atoms with Crippen molar-refractivity contribution in [3.05, 3.63) is 53.3 Å². The summed E-state index contributed by atoms with van der Waals surface area (Å²) in [6.07, 6.45) is 3.73. The number of nitrogens with one attached hydrogen (secondary N) is 1. The predicted molar refractivity (Wildman–Crippen MR) is 114 cm³/mol. The number of pyridine rings is 1. The van der Waals surface area contributed by atoms with Crippen molar-refractivity contribution in [2.75, 3.05) is 44.3 Å². The van der Waals surface area contributed by atoms with E-state index in [0.717, 1.165) is 29.2 Å². The molecular weight excluding hydrogens is 390 g/mol. The third-order valence-electron chi connectivity index (χ3n) is 5.08. The van der Waals surface area contributed by atoms with Crippen LogP contribution in [0, 0.1) is 6.92 Å². The number of carbonyl (C=O) groups excluding carboxylic acids is 1. The van der Waals surface area contributed by atoms with Crippen LogP contribution >= 0.6 is 0 Å². The molecule has 0 spiro atoms. The number of aromatic nitrogens is 1. The van der Waals surface area contributed by atoms with Gasteiger partial charge in [0.25, 0.3) is 0 Å². The van der Waals surface area contributed by atoms with E-state index < -0.39 is 15.9 Å². The number of benzene rings is 1. The Morgan fingerprint density at radius 3 is 2.48 bits per heavy atom. The highest BCUT2D eigenvalue weighted by molar-refractivity contribution is 7.88. The van der Waals surface area contributed by atoms with E-state index in [0.29, 0.717) is 38.2 Å². The minimum atomic E-state index is -3.14. The first-order valence-corrected chi connectivity index (χ1v) is 11.4. The van der Waals surface area contributed by atoms with Crippen LogP contribution < -0.4 is 11.1 Å². The van der Waals surface area contributed by atoms with Crippen molar-refractivity contribution in [3.63, 3.8) is 0 Å². The van der Waals surface area contributed by atoms with Gasteiger partial charge < -0.3 is 16.0 Å². The van der Waals surface area contributed by atoms with Crippen LogP contribution in [0.5, 0.6) is 0 Å². The number of sulfonamides is 1. The van der Waals surface area contributed by atoms with Crippen LogP contribution in [0.2, 0.25) is 0 Å². The number of nitrogens with zero attached hydrogens (tertiary/aromatic N) is 3. The van der Waals surface area contributed by atoms with Crippen molar-refractivity contribution in [1.82, 2.24) is 14.2 Å². The van der Waals surface area contributed by atoms with Crippen LogP contribution in [-0.4, -0.2) is 67.5 Å². The molecule has 1 aliphatic rings. The van der Waals surface area contributed by atoms with E-state index in [9.17, 15) is 13.2 Å². The van der Waals surface area contributed by atoms with Crippen molar-refractivity contribution in [2.24, 2.45) is 5.73 Å².